The maximum Gasteiger partial charge on any atom is 0.233 e. The second-order valence-electron chi connectivity index (χ2n) is 6.86. The first-order valence-electron chi connectivity index (χ1n) is 8.84. The molecule has 1 amide bonds. The number of carbonyl (C=O) groups is 1. The molecule has 0 N–H and O–H groups in total. The maximum absolute atomic E-state index is 13.2. The van der Waals surface area contributed by atoms with Crippen LogP contribution in [0.5, 0.6) is 11.6 Å². The number of hydrogen-bond acceptors (Lipinski definition) is 4. The fraction of sp³-hybridized carbons (Fsp3) is 0.400. The fourth-order valence-electron chi connectivity index (χ4n) is 3.70. The number of rotatable bonds is 5. The number of para-hydroxylation sites is 1. The number of benzene rings is 1. The van der Waals surface area contributed by atoms with Gasteiger partial charge in [-0.05, 0) is 25.0 Å². The van der Waals surface area contributed by atoms with Crippen LogP contribution < -0.4 is 9.47 Å². The molecule has 2 fully saturated rings. The van der Waals surface area contributed by atoms with Gasteiger partial charge in [0.15, 0.2) is 0 Å². The van der Waals surface area contributed by atoms with Crippen LogP contribution in [0, 0.1) is 5.95 Å². The first-order chi connectivity index (χ1) is 12.6. The third-order valence-electron chi connectivity index (χ3n) is 5.19. The molecule has 1 aliphatic carbocycles. The van der Waals surface area contributed by atoms with E-state index >= 15 is 0 Å². The van der Waals surface area contributed by atoms with Crippen molar-refractivity contribution in [2.24, 2.45) is 0 Å². The number of aromatic nitrogens is 1. The van der Waals surface area contributed by atoms with Gasteiger partial charge in [-0.25, -0.2) is 0 Å². The van der Waals surface area contributed by atoms with Crippen molar-refractivity contribution in [2.75, 3.05) is 20.2 Å². The highest BCUT2D eigenvalue weighted by molar-refractivity contribution is 5.92. The molecule has 1 atom stereocenters. The van der Waals surface area contributed by atoms with E-state index in [2.05, 4.69) is 4.98 Å². The van der Waals surface area contributed by atoms with Crippen LogP contribution >= 0.6 is 0 Å². The summed E-state index contributed by atoms with van der Waals surface area (Å²) in [5.41, 5.74) is 0.488. The number of carbonyl (C=O) groups excluding carboxylic acids is 1. The third-order valence-corrected chi connectivity index (χ3v) is 5.19. The summed E-state index contributed by atoms with van der Waals surface area (Å²) in [4.78, 5) is 18.8. The number of pyridine rings is 1. The summed E-state index contributed by atoms with van der Waals surface area (Å²) in [5.74, 6) is 0.575. The first-order valence-corrected chi connectivity index (χ1v) is 8.84. The molecular formula is C20H21FN2O3. The van der Waals surface area contributed by atoms with Crippen molar-refractivity contribution < 1.29 is 18.7 Å². The number of ether oxygens (including phenoxy) is 2. The summed E-state index contributed by atoms with van der Waals surface area (Å²) >= 11 is 0. The minimum absolute atomic E-state index is 0.125. The van der Waals surface area contributed by atoms with E-state index < -0.39 is 11.4 Å². The highest BCUT2D eigenvalue weighted by Crippen LogP contribution is 2.52. The molecular weight excluding hydrogens is 335 g/mol. The van der Waals surface area contributed by atoms with Crippen molar-refractivity contribution in [3.63, 3.8) is 0 Å². The predicted octanol–water partition coefficient (Wildman–Crippen LogP) is 2.94. The number of hydrogen-bond donors (Lipinski definition) is 0. The van der Waals surface area contributed by atoms with E-state index in [4.69, 9.17) is 9.47 Å². The topological polar surface area (TPSA) is 51.7 Å². The second kappa shape index (κ2) is 6.59. The van der Waals surface area contributed by atoms with E-state index in [0.717, 1.165) is 24.2 Å². The molecule has 1 unspecified atom stereocenters. The van der Waals surface area contributed by atoms with Crippen molar-refractivity contribution in [3.8, 4) is 11.6 Å². The number of nitrogens with zero attached hydrogens (tertiary/aromatic N) is 2. The van der Waals surface area contributed by atoms with Crippen LogP contribution in [-0.4, -0.2) is 42.1 Å². The standard InChI is InChI=1S/C20H21FN2O3/c1-25-16-6-3-2-5-15(16)20(10-11-20)19(24)23-12-9-14(13-23)26-18-8-4-7-17(21)22-18/h2-8,14H,9-13H2,1H3. The Morgan fingerprint density at radius 3 is 2.77 bits per heavy atom. The minimum atomic E-state index is -0.568. The monoisotopic (exact) mass is 356 g/mol. The minimum Gasteiger partial charge on any atom is -0.496 e. The van der Waals surface area contributed by atoms with Gasteiger partial charge in [-0.1, -0.05) is 24.3 Å². The Labute approximate surface area is 151 Å². The van der Waals surface area contributed by atoms with Gasteiger partial charge in [0.1, 0.15) is 11.9 Å². The molecule has 2 aliphatic rings. The fourth-order valence-corrected chi connectivity index (χ4v) is 3.70. The maximum atomic E-state index is 13.2. The molecule has 136 valence electrons. The van der Waals surface area contributed by atoms with Crippen LogP contribution in [0.1, 0.15) is 24.8 Å². The van der Waals surface area contributed by atoms with Crippen molar-refractivity contribution in [3.05, 3.63) is 54.0 Å². The zero-order chi connectivity index (χ0) is 18.1. The highest BCUT2D eigenvalue weighted by atomic mass is 19.1. The van der Waals surface area contributed by atoms with Crippen molar-refractivity contribution in [1.82, 2.24) is 9.88 Å². The van der Waals surface area contributed by atoms with Gasteiger partial charge in [-0.2, -0.15) is 9.37 Å². The second-order valence-corrected chi connectivity index (χ2v) is 6.86. The molecule has 1 aromatic heterocycles. The summed E-state index contributed by atoms with van der Waals surface area (Å²) < 4.78 is 24.4. The van der Waals surface area contributed by atoms with E-state index in [9.17, 15) is 9.18 Å². The Bertz CT molecular complexity index is 822. The lowest BCUT2D eigenvalue weighted by Gasteiger charge is -2.24. The lowest BCUT2D eigenvalue weighted by Crippen LogP contribution is -2.39. The van der Waals surface area contributed by atoms with Crippen LogP contribution in [-0.2, 0) is 10.2 Å². The number of halogens is 1. The van der Waals surface area contributed by atoms with Gasteiger partial charge in [-0.15, -0.1) is 0 Å². The molecule has 0 spiro atoms. The third kappa shape index (κ3) is 3.00. The van der Waals surface area contributed by atoms with E-state index in [-0.39, 0.29) is 17.9 Å². The Morgan fingerprint density at radius 1 is 1.23 bits per heavy atom. The van der Waals surface area contributed by atoms with Gasteiger partial charge in [-0.3, -0.25) is 4.79 Å². The molecule has 1 saturated heterocycles. The van der Waals surface area contributed by atoms with Gasteiger partial charge < -0.3 is 14.4 Å². The molecule has 1 saturated carbocycles. The molecule has 1 aliphatic heterocycles. The van der Waals surface area contributed by atoms with E-state index in [1.807, 2.05) is 29.2 Å². The Morgan fingerprint density at radius 2 is 2.04 bits per heavy atom. The summed E-state index contributed by atoms with van der Waals surface area (Å²) in [7, 11) is 1.63. The average Bonchev–Trinajstić information content (AvgIpc) is 3.34. The van der Waals surface area contributed by atoms with Gasteiger partial charge >= 0.3 is 0 Å². The van der Waals surface area contributed by atoms with Crippen LogP contribution in [0.4, 0.5) is 4.39 Å². The molecule has 26 heavy (non-hydrogen) atoms. The quantitative estimate of drug-likeness (QED) is 0.773. The van der Waals surface area contributed by atoms with Gasteiger partial charge in [0.05, 0.1) is 19.1 Å². The lowest BCUT2D eigenvalue weighted by molar-refractivity contribution is -0.133. The summed E-state index contributed by atoms with van der Waals surface area (Å²) in [6.45, 7) is 1.13. The van der Waals surface area contributed by atoms with Crippen LogP contribution in [0.25, 0.3) is 0 Å². The van der Waals surface area contributed by atoms with E-state index in [1.54, 1.807) is 19.2 Å². The van der Waals surface area contributed by atoms with Crippen LogP contribution in [0.2, 0.25) is 0 Å². The van der Waals surface area contributed by atoms with Gasteiger partial charge in [0.2, 0.25) is 17.7 Å². The summed E-state index contributed by atoms with van der Waals surface area (Å²) in [6.07, 6.45) is 2.22. The Kier molecular flexibility index (Phi) is 4.26. The van der Waals surface area contributed by atoms with Crippen molar-refractivity contribution in [2.45, 2.75) is 30.8 Å². The molecule has 0 bridgehead atoms. The van der Waals surface area contributed by atoms with E-state index in [0.29, 0.717) is 19.5 Å². The van der Waals surface area contributed by atoms with Crippen molar-refractivity contribution >= 4 is 5.91 Å². The SMILES string of the molecule is COc1ccccc1C1(C(=O)N2CCC(Oc3cccc(F)n3)C2)CC1. The number of methoxy groups -OCH3 is 1. The molecule has 2 aromatic rings. The lowest BCUT2D eigenvalue weighted by atomic mass is 9.93. The van der Waals surface area contributed by atoms with Crippen LogP contribution in [0.15, 0.2) is 42.5 Å². The Balaban J connectivity index is 1.46. The van der Waals surface area contributed by atoms with E-state index in [1.165, 1.54) is 6.07 Å². The first kappa shape index (κ1) is 16.8. The highest BCUT2D eigenvalue weighted by Gasteiger charge is 2.55. The summed E-state index contributed by atoms with van der Waals surface area (Å²) in [6, 6.07) is 12.2. The van der Waals surface area contributed by atoms with Crippen LogP contribution in [0.3, 0.4) is 0 Å². The summed E-state index contributed by atoms with van der Waals surface area (Å²) in [5, 5.41) is 0. The predicted molar refractivity (Wildman–Crippen MR) is 93.7 cm³/mol. The zero-order valence-electron chi connectivity index (χ0n) is 14.7. The Hall–Kier alpha value is -2.63. The van der Waals surface area contributed by atoms with Crippen molar-refractivity contribution in [1.29, 1.82) is 0 Å². The molecule has 0 radical (unpaired) electrons. The molecule has 6 heteroatoms. The molecule has 4 rings (SSSR count). The molecule has 1 aromatic carbocycles. The number of amides is 1. The molecule has 2 heterocycles. The zero-order valence-corrected chi connectivity index (χ0v) is 14.7. The smallest absolute Gasteiger partial charge is 0.233 e. The number of likely N-dealkylation sites (tertiary alicyclic amines) is 1. The average molecular weight is 356 g/mol. The molecule has 5 nitrogen and oxygen atoms in total. The van der Waals surface area contributed by atoms with Gasteiger partial charge in [0.25, 0.3) is 0 Å². The normalized spacial score (nSPS) is 20.7. The largest absolute Gasteiger partial charge is 0.496 e. The van der Waals surface area contributed by atoms with Gasteiger partial charge in [0, 0.05) is 24.6 Å².